The van der Waals surface area contributed by atoms with Crippen molar-refractivity contribution in [3.05, 3.63) is 11.6 Å². The lowest BCUT2D eigenvalue weighted by atomic mass is 10.3. The lowest BCUT2D eigenvalue weighted by molar-refractivity contribution is -0.124. The molecule has 0 aliphatic carbocycles. The number of allylic oxidation sites excluding steroid dienone is 1. The van der Waals surface area contributed by atoms with E-state index in [0.717, 1.165) is 5.57 Å². The van der Waals surface area contributed by atoms with Gasteiger partial charge in [-0.15, -0.1) is 0 Å². The minimum absolute atomic E-state index is 0.144. The van der Waals surface area contributed by atoms with Crippen molar-refractivity contribution < 1.29 is 4.79 Å². The Morgan fingerprint density at radius 3 is 2.40 bits per heavy atom. The molecule has 56 valence electrons. The summed E-state index contributed by atoms with van der Waals surface area (Å²) in [5.41, 5.74) is 0.959. The van der Waals surface area contributed by atoms with Crippen LogP contribution in [0.5, 0.6) is 0 Å². The lowest BCUT2D eigenvalue weighted by Crippen LogP contribution is -2.17. The Kier molecular flexibility index (Phi) is 3.39. The summed E-state index contributed by atoms with van der Waals surface area (Å²) >= 11 is 0. The zero-order chi connectivity index (χ0) is 8.15. The number of hydrogen-bond donors (Lipinski definition) is 0. The fraction of sp³-hybridized carbons (Fsp3) is 0.429. The Morgan fingerprint density at radius 2 is 2.10 bits per heavy atom. The summed E-state index contributed by atoms with van der Waals surface area (Å²) in [5.74, 6) is -0.144. The number of rotatable bonds is 2. The Labute approximate surface area is 61.0 Å². The van der Waals surface area contributed by atoms with Crippen LogP contribution in [0.1, 0.15) is 13.8 Å². The number of nitrogens with zero attached hydrogens (tertiary/aromatic N) is 2. The molecule has 0 N–H and O–H groups in total. The van der Waals surface area contributed by atoms with Gasteiger partial charge in [0, 0.05) is 19.8 Å². The largest absolute Gasteiger partial charge is 0.268 e. The van der Waals surface area contributed by atoms with Crippen LogP contribution in [-0.4, -0.2) is 24.7 Å². The van der Waals surface area contributed by atoms with Gasteiger partial charge in [0.1, 0.15) is 0 Å². The summed E-state index contributed by atoms with van der Waals surface area (Å²) < 4.78 is 0. The van der Waals surface area contributed by atoms with E-state index in [0.29, 0.717) is 0 Å². The third-order valence-electron chi connectivity index (χ3n) is 0.943. The van der Waals surface area contributed by atoms with Gasteiger partial charge in [0.2, 0.25) is 0 Å². The third kappa shape index (κ3) is 3.02. The fourth-order valence-corrected chi connectivity index (χ4v) is 0.410. The molecule has 0 radical (unpaired) electrons. The number of carbonyl (C=O) groups excluding carboxylic acids is 1. The van der Waals surface area contributed by atoms with Crippen LogP contribution in [0.2, 0.25) is 0 Å². The van der Waals surface area contributed by atoms with Gasteiger partial charge in [0.25, 0.3) is 5.91 Å². The maximum absolute atomic E-state index is 10.9. The van der Waals surface area contributed by atoms with Crippen molar-refractivity contribution in [2.75, 3.05) is 7.05 Å². The smallest absolute Gasteiger partial charge is 0.266 e. The van der Waals surface area contributed by atoms with E-state index in [1.807, 2.05) is 13.8 Å². The molecule has 0 aromatic heterocycles. The molecule has 0 aromatic carbocycles. The van der Waals surface area contributed by atoms with Crippen LogP contribution in [0.4, 0.5) is 0 Å². The molecule has 0 heterocycles. The second-order valence-corrected chi connectivity index (χ2v) is 2.22. The minimum Gasteiger partial charge on any atom is -0.268 e. The van der Waals surface area contributed by atoms with Gasteiger partial charge < -0.3 is 0 Å². The SMILES string of the molecule is C=NN(C)C(=O)C=C(C)C. The number of carbonyl (C=O) groups is 1. The van der Waals surface area contributed by atoms with Crippen LogP contribution in [0, 0.1) is 0 Å². The Balaban J connectivity index is 4.10. The van der Waals surface area contributed by atoms with E-state index in [1.165, 1.54) is 11.1 Å². The van der Waals surface area contributed by atoms with Gasteiger partial charge in [-0.1, -0.05) is 5.57 Å². The Bertz CT molecular complexity index is 168. The minimum atomic E-state index is -0.144. The Morgan fingerprint density at radius 1 is 1.60 bits per heavy atom. The lowest BCUT2D eigenvalue weighted by Gasteiger charge is -2.05. The van der Waals surface area contributed by atoms with E-state index in [9.17, 15) is 4.79 Å². The molecule has 0 spiro atoms. The highest BCUT2D eigenvalue weighted by molar-refractivity contribution is 5.87. The van der Waals surface area contributed by atoms with E-state index in [1.54, 1.807) is 7.05 Å². The summed E-state index contributed by atoms with van der Waals surface area (Å²) in [7, 11) is 1.56. The zero-order valence-corrected chi connectivity index (χ0v) is 6.59. The zero-order valence-electron chi connectivity index (χ0n) is 6.59. The molecule has 0 atom stereocenters. The van der Waals surface area contributed by atoms with Crippen LogP contribution < -0.4 is 0 Å². The topological polar surface area (TPSA) is 32.7 Å². The molecule has 0 rings (SSSR count). The van der Waals surface area contributed by atoms with Crippen molar-refractivity contribution in [2.45, 2.75) is 13.8 Å². The summed E-state index contributed by atoms with van der Waals surface area (Å²) in [6.07, 6.45) is 1.51. The summed E-state index contributed by atoms with van der Waals surface area (Å²) in [6, 6.07) is 0. The standard InChI is InChI=1S/C7H12N2O/c1-6(2)5-7(10)9(4)8-3/h5H,3H2,1-2,4H3. The van der Waals surface area contributed by atoms with Crippen molar-refractivity contribution in [1.82, 2.24) is 5.01 Å². The van der Waals surface area contributed by atoms with Gasteiger partial charge >= 0.3 is 0 Å². The molecule has 0 aliphatic rings. The van der Waals surface area contributed by atoms with Crippen LogP contribution in [-0.2, 0) is 4.79 Å². The van der Waals surface area contributed by atoms with E-state index >= 15 is 0 Å². The average Bonchev–Trinajstić information content (AvgIpc) is 1.85. The molecule has 0 aromatic rings. The summed E-state index contributed by atoms with van der Waals surface area (Å²) in [4.78, 5) is 10.9. The molecule has 0 aliphatic heterocycles. The second kappa shape index (κ2) is 3.82. The maximum atomic E-state index is 10.9. The third-order valence-corrected chi connectivity index (χ3v) is 0.943. The maximum Gasteiger partial charge on any atom is 0.266 e. The molecule has 1 amide bonds. The molecular formula is C7H12N2O. The van der Waals surface area contributed by atoms with Crippen molar-refractivity contribution >= 4 is 12.6 Å². The first-order valence-corrected chi connectivity index (χ1v) is 2.97. The molecular weight excluding hydrogens is 128 g/mol. The van der Waals surface area contributed by atoms with Crippen molar-refractivity contribution in [3.8, 4) is 0 Å². The van der Waals surface area contributed by atoms with Gasteiger partial charge in [-0.3, -0.25) is 4.79 Å². The molecule has 3 heteroatoms. The summed E-state index contributed by atoms with van der Waals surface area (Å²) in [5, 5.41) is 4.62. The molecule has 0 bridgehead atoms. The quantitative estimate of drug-likeness (QED) is 0.320. The van der Waals surface area contributed by atoms with Crippen LogP contribution in [0.25, 0.3) is 0 Å². The van der Waals surface area contributed by atoms with Gasteiger partial charge in [-0.2, -0.15) is 5.10 Å². The van der Waals surface area contributed by atoms with Crippen LogP contribution >= 0.6 is 0 Å². The Hall–Kier alpha value is -1.12. The van der Waals surface area contributed by atoms with E-state index in [2.05, 4.69) is 11.8 Å². The molecule has 0 fully saturated rings. The average molecular weight is 140 g/mol. The van der Waals surface area contributed by atoms with E-state index in [4.69, 9.17) is 0 Å². The highest BCUT2D eigenvalue weighted by Crippen LogP contribution is 1.92. The molecule has 3 nitrogen and oxygen atoms in total. The first kappa shape index (κ1) is 8.88. The summed E-state index contributed by atoms with van der Waals surface area (Å²) in [6.45, 7) is 6.93. The van der Waals surface area contributed by atoms with E-state index < -0.39 is 0 Å². The van der Waals surface area contributed by atoms with Gasteiger partial charge in [0.15, 0.2) is 0 Å². The highest BCUT2D eigenvalue weighted by atomic mass is 16.2. The predicted molar refractivity (Wildman–Crippen MR) is 41.8 cm³/mol. The van der Waals surface area contributed by atoms with Crippen molar-refractivity contribution in [2.24, 2.45) is 5.10 Å². The van der Waals surface area contributed by atoms with Crippen molar-refractivity contribution in [1.29, 1.82) is 0 Å². The van der Waals surface area contributed by atoms with Gasteiger partial charge in [-0.05, 0) is 13.8 Å². The molecule has 0 unspecified atom stereocenters. The normalized spacial score (nSPS) is 8.30. The molecule has 0 saturated carbocycles. The molecule has 10 heavy (non-hydrogen) atoms. The van der Waals surface area contributed by atoms with Crippen LogP contribution in [0.15, 0.2) is 16.8 Å². The van der Waals surface area contributed by atoms with Crippen LogP contribution in [0.3, 0.4) is 0 Å². The number of hydrogen-bond acceptors (Lipinski definition) is 2. The van der Waals surface area contributed by atoms with Crippen molar-refractivity contribution in [3.63, 3.8) is 0 Å². The first-order valence-electron chi connectivity index (χ1n) is 2.97. The van der Waals surface area contributed by atoms with Gasteiger partial charge in [-0.25, -0.2) is 5.01 Å². The fourth-order valence-electron chi connectivity index (χ4n) is 0.410. The number of amides is 1. The van der Waals surface area contributed by atoms with Gasteiger partial charge in [0.05, 0.1) is 0 Å². The second-order valence-electron chi connectivity index (χ2n) is 2.22. The predicted octanol–water partition coefficient (Wildman–Crippen LogP) is 1.03. The van der Waals surface area contributed by atoms with E-state index in [-0.39, 0.29) is 5.91 Å². The number of hydrazone groups is 1. The first-order chi connectivity index (χ1) is 4.57. The highest BCUT2D eigenvalue weighted by Gasteiger charge is 1.99. The molecule has 0 saturated heterocycles. The monoisotopic (exact) mass is 140 g/mol. The number of likely N-dealkylation sites (N-methyl/N-ethyl adjacent to an activating group) is 1.